The second-order valence-corrected chi connectivity index (χ2v) is 7.50. The molecule has 9 nitrogen and oxygen atoms in total. The maximum atomic E-state index is 12.7. The molecule has 0 spiro atoms. The molecule has 2 bridgehead atoms. The third-order valence-electron chi connectivity index (χ3n) is 6.09. The second kappa shape index (κ2) is 5.97. The lowest BCUT2D eigenvalue weighted by Crippen LogP contribution is -2.39. The van der Waals surface area contributed by atoms with Gasteiger partial charge in [-0.1, -0.05) is 0 Å². The first kappa shape index (κ1) is 16.1. The van der Waals surface area contributed by atoms with Crippen LogP contribution < -0.4 is 5.32 Å². The van der Waals surface area contributed by atoms with E-state index < -0.39 is 0 Å². The molecule has 27 heavy (non-hydrogen) atoms. The standard InChI is InChI=1S/C18H18N6O3/c25-14(20-12-3-5-13(6-4-12)24-9-19-21-22-24)8-23-17(26)15-10-1-2-11(7-10)16(15)18(23)27/h3-6,9-11,15-16H,1-2,7-8H2,(H,20,25)/t10-,11+,15-,16+. The number of tetrazole rings is 1. The molecule has 138 valence electrons. The molecule has 1 aromatic heterocycles. The van der Waals surface area contributed by atoms with E-state index in [1.165, 1.54) is 11.0 Å². The number of hydrogen-bond acceptors (Lipinski definition) is 6. The minimum absolute atomic E-state index is 0.165. The van der Waals surface area contributed by atoms with E-state index in [2.05, 4.69) is 20.8 Å². The fourth-order valence-electron chi connectivity index (χ4n) is 4.95. The highest BCUT2D eigenvalue weighted by Gasteiger charge is 2.60. The number of rotatable bonds is 4. The zero-order valence-corrected chi connectivity index (χ0v) is 14.5. The molecule has 5 rings (SSSR count). The lowest BCUT2D eigenvalue weighted by Gasteiger charge is -2.19. The van der Waals surface area contributed by atoms with Crippen molar-refractivity contribution < 1.29 is 14.4 Å². The minimum atomic E-state index is -0.376. The van der Waals surface area contributed by atoms with E-state index in [9.17, 15) is 14.4 Å². The quantitative estimate of drug-likeness (QED) is 0.795. The van der Waals surface area contributed by atoms with Crippen LogP contribution >= 0.6 is 0 Å². The summed E-state index contributed by atoms with van der Waals surface area (Å²) in [5.74, 6) is -0.451. The highest BCUT2D eigenvalue weighted by atomic mass is 16.2. The van der Waals surface area contributed by atoms with Gasteiger partial charge in [0.05, 0.1) is 17.5 Å². The van der Waals surface area contributed by atoms with Crippen molar-refractivity contribution in [2.75, 3.05) is 11.9 Å². The highest BCUT2D eigenvalue weighted by Crippen LogP contribution is 2.56. The van der Waals surface area contributed by atoms with Gasteiger partial charge in [-0.3, -0.25) is 19.3 Å². The van der Waals surface area contributed by atoms with Gasteiger partial charge >= 0.3 is 0 Å². The topological polar surface area (TPSA) is 110 Å². The molecule has 1 aliphatic heterocycles. The molecule has 3 amide bonds. The monoisotopic (exact) mass is 366 g/mol. The van der Waals surface area contributed by atoms with E-state index in [4.69, 9.17) is 0 Å². The van der Waals surface area contributed by atoms with Gasteiger partial charge in [0.1, 0.15) is 12.9 Å². The van der Waals surface area contributed by atoms with E-state index in [0.29, 0.717) is 17.5 Å². The van der Waals surface area contributed by atoms with Crippen molar-refractivity contribution in [1.82, 2.24) is 25.1 Å². The van der Waals surface area contributed by atoms with Crippen molar-refractivity contribution in [2.24, 2.45) is 23.7 Å². The minimum Gasteiger partial charge on any atom is -0.325 e. The van der Waals surface area contributed by atoms with Crippen LogP contribution in [0.15, 0.2) is 30.6 Å². The molecular formula is C18H18N6O3. The van der Waals surface area contributed by atoms with Crippen LogP contribution in [0.5, 0.6) is 0 Å². The van der Waals surface area contributed by atoms with Crippen LogP contribution in [-0.2, 0) is 14.4 Å². The van der Waals surface area contributed by atoms with Crippen molar-refractivity contribution in [3.05, 3.63) is 30.6 Å². The predicted octanol–water partition coefficient (Wildman–Crippen LogP) is 0.632. The fraction of sp³-hybridized carbons (Fsp3) is 0.444. The number of likely N-dealkylation sites (tertiary alicyclic amines) is 1. The Balaban J connectivity index is 1.25. The summed E-state index contributed by atoms with van der Waals surface area (Å²) in [7, 11) is 0. The van der Waals surface area contributed by atoms with Gasteiger partial charge < -0.3 is 5.32 Å². The first-order valence-electron chi connectivity index (χ1n) is 9.10. The Morgan fingerprint density at radius 2 is 1.74 bits per heavy atom. The number of nitrogens with zero attached hydrogens (tertiary/aromatic N) is 5. The van der Waals surface area contributed by atoms with Crippen LogP contribution in [0.2, 0.25) is 0 Å². The van der Waals surface area contributed by atoms with E-state index in [1.54, 1.807) is 24.3 Å². The number of nitrogens with one attached hydrogen (secondary N) is 1. The summed E-state index contributed by atoms with van der Waals surface area (Å²) >= 11 is 0. The maximum Gasteiger partial charge on any atom is 0.244 e. The first-order valence-corrected chi connectivity index (χ1v) is 9.10. The Morgan fingerprint density at radius 1 is 1.07 bits per heavy atom. The van der Waals surface area contributed by atoms with Crippen LogP contribution in [0.3, 0.4) is 0 Å². The number of imide groups is 1. The van der Waals surface area contributed by atoms with E-state index >= 15 is 0 Å². The summed E-state index contributed by atoms with van der Waals surface area (Å²) in [6.07, 6.45) is 4.51. The zero-order chi connectivity index (χ0) is 18.5. The number of amides is 3. The Labute approximate surface area is 154 Å². The summed E-state index contributed by atoms with van der Waals surface area (Å²) in [6.45, 7) is -0.223. The lowest BCUT2D eigenvalue weighted by molar-refractivity contribution is -0.143. The molecule has 2 aliphatic carbocycles. The van der Waals surface area contributed by atoms with Crippen molar-refractivity contribution >= 4 is 23.4 Å². The lowest BCUT2D eigenvalue weighted by atomic mass is 9.81. The van der Waals surface area contributed by atoms with Gasteiger partial charge in [-0.2, -0.15) is 0 Å². The fourth-order valence-corrected chi connectivity index (χ4v) is 4.95. The third kappa shape index (κ3) is 2.53. The van der Waals surface area contributed by atoms with E-state index in [1.807, 2.05) is 0 Å². The number of anilines is 1. The molecule has 0 unspecified atom stereocenters. The normalized spacial score (nSPS) is 28.7. The average Bonchev–Trinajstić information content (AvgIpc) is 3.44. The summed E-state index contributed by atoms with van der Waals surface area (Å²) in [4.78, 5) is 38.8. The highest BCUT2D eigenvalue weighted by molar-refractivity contribution is 6.09. The van der Waals surface area contributed by atoms with E-state index in [0.717, 1.165) is 29.8 Å². The van der Waals surface area contributed by atoms with E-state index in [-0.39, 0.29) is 36.1 Å². The van der Waals surface area contributed by atoms with Gasteiger partial charge in [-0.15, -0.1) is 5.10 Å². The van der Waals surface area contributed by atoms with Crippen molar-refractivity contribution in [1.29, 1.82) is 0 Å². The molecular weight excluding hydrogens is 348 g/mol. The molecule has 3 fully saturated rings. The van der Waals surface area contributed by atoms with Crippen LogP contribution in [0.4, 0.5) is 5.69 Å². The molecule has 9 heteroatoms. The van der Waals surface area contributed by atoms with Crippen LogP contribution in [0.1, 0.15) is 19.3 Å². The maximum absolute atomic E-state index is 12.7. The largest absolute Gasteiger partial charge is 0.325 e. The molecule has 2 aromatic rings. The predicted molar refractivity (Wildman–Crippen MR) is 92.3 cm³/mol. The van der Waals surface area contributed by atoms with Gasteiger partial charge in [-0.25, -0.2) is 4.68 Å². The van der Waals surface area contributed by atoms with Gasteiger partial charge in [0.2, 0.25) is 17.7 Å². The number of fused-ring (bicyclic) bond motifs is 5. The SMILES string of the molecule is O=C(CN1C(=O)[C@@H]2[C@@H]3CC[C@@H](C3)[C@@H]2C1=O)Nc1ccc(-n2cnnn2)cc1. The third-order valence-corrected chi connectivity index (χ3v) is 6.09. The Morgan fingerprint density at radius 3 is 2.33 bits per heavy atom. The number of aromatic nitrogens is 4. The summed E-state index contributed by atoms with van der Waals surface area (Å²) in [5, 5.41) is 13.7. The summed E-state index contributed by atoms with van der Waals surface area (Å²) in [6, 6.07) is 6.97. The summed E-state index contributed by atoms with van der Waals surface area (Å²) in [5.41, 5.74) is 1.34. The number of carbonyl (C=O) groups excluding carboxylic acids is 3. The molecule has 2 saturated carbocycles. The van der Waals surface area contributed by atoms with Gasteiger partial charge in [0.15, 0.2) is 0 Å². The molecule has 1 saturated heterocycles. The van der Waals surface area contributed by atoms with Gasteiger partial charge in [0.25, 0.3) is 0 Å². The van der Waals surface area contributed by atoms with Crippen LogP contribution in [-0.4, -0.2) is 49.4 Å². The molecule has 4 atom stereocenters. The first-order chi connectivity index (χ1) is 13.1. The zero-order valence-electron chi connectivity index (χ0n) is 14.5. The van der Waals surface area contributed by atoms with Crippen LogP contribution in [0, 0.1) is 23.7 Å². The second-order valence-electron chi connectivity index (χ2n) is 7.50. The Kier molecular flexibility index (Phi) is 3.56. The van der Waals surface area contributed by atoms with Crippen molar-refractivity contribution in [3.63, 3.8) is 0 Å². The number of carbonyl (C=O) groups is 3. The average molecular weight is 366 g/mol. The number of hydrogen-bond donors (Lipinski definition) is 1. The Bertz CT molecular complexity index is 882. The van der Waals surface area contributed by atoms with Gasteiger partial charge in [0, 0.05) is 5.69 Å². The van der Waals surface area contributed by atoms with Crippen LogP contribution in [0.25, 0.3) is 5.69 Å². The molecule has 2 heterocycles. The molecule has 0 radical (unpaired) electrons. The van der Waals surface area contributed by atoms with Gasteiger partial charge in [-0.05, 0) is 65.8 Å². The number of benzene rings is 1. The molecule has 3 aliphatic rings. The molecule has 1 aromatic carbocycles. The molecule has 1 N–H and O–H groups in total. The Hall–Kier alpha value is -3.10. The van der Waals surface area contributed by atoms with Crippen molar-refractivity contribution in [2.45, 2.75) is 19.3 Å². The smallest absolute Gasteiger partial charge is 0.244 e. The summed E-state index contributed by atoms with van der Waals surface area (Å²) < 4.78 is 1.50. The van der Waals surface area contributed by atoms with Crippen molar-refractivity contribution in [3.8, 4) is 5.69 Å².